The van der Waals surface area contributed by atoms with Crippen molar-refractivity contribution in [2.75, 3.05) is 5.32 Å². The summed E-state index contributed by atoms with van der Waals surface area (Å²) in [6, 6.07) is 7.46. The van der Waals surface area contributed by atoms with Crippen molar-refractivity contribution in [3.05, 3.63) is 30.2 Å². The summed E-state index contributed by atoms with van der Waals surface area (Å²) < 4.78 is 4.94. The van der Waals surface area contributed by atoms with E-state index in [0.29, 0.717) is 11.7 Å². The molecule has 2 aromatic rings. The molecule has 1 aromatic carbocycles. The molecule has 0 unspecified atom stereocenters. The maximum Gasteiger partial charge on any atom is 0.227 e. The summed E-state index contributed by atoms with van der Waals surface area (Å²) in [5.74, 6) is 1.35. The molecule has 1 amide bonds. The molecule has 1 aliphatic carbocycles. The number of hydrogen-bond donors (Lipinski definition) is 1. The minimum atomic E-state index is 0.0939. The molecule has 5 nitrogen and oxygen atoms in total. The topological polar surface area (TPSA) is 68.0 Å². The molecule has 0 atom stereocenters. The number of rotatable bonds is 3. The van der Waals surface area contributed by atoms with Crippen LogP contribution in [0.2, 0.25) is 0 Å². The van der Waals surface area contributed by atoms with Crippen molar-refractivity contribution in [3.63, 3.8) is 0 Å². The molecule has 1 saturated carbocycles. The first-order valence-corrected chi connectivity index (χ1v) is 5.94. The van der Waals surface area contributed by atoms with E-state index in [9.17, 15) is 4.79 Å². The SMILES string of the molecule is Cc1nc(-c2cccc(NC(=O)C3CC3)c2)no1. The molecule has 5 heteroatoms. The standard InChI is InChI=1S/C13H13N3O2/c1-8-14-12(16-18-8)10-3-2-4-11(7-10)15-13(17)9-5-6-9/h2-4,7,9H,5-6H2,1H3,(H,15,17). The lowest BCUT2D eigenvalue weighted by Gasteiger charge is -2.04. The van der Waals surface area contributed by atoms with Crippen LogP contribution in [-0.4, -0.2) is 16.0 Å². The van der Waals surface area contributed by atoms with Gasteiger partial charge in [0.15, 0.2) is 0 Å². The number of nitrogens with zero attached hydrogens (tertiary/aromatic N) is 2. The van der Waals surface area contributed by atoms with Crippen LogP contribution < -0.4 is 5.32 Å². The first-order valence-electron chi connectivity index (χ1n) is 5.94. The third-order valence-electron chi connectivity index (χ3n) is 2.86. The number of carbonyl (C=O) groups excluding carboxylic acids is 1. The Morgan fingerprint density at radius 1 is 1.44 bits per heavy atom. The average molecular weight is 243 g/mol. The molecule has 1 N–H and O–H groups in total. The van der Waals surface area contributed by atoms with Gasteiger partial charge in [0, 0.05) is 24.1 Å². The molecule has 1 aliphatic rings. The first kappa shape index (κ1) is 11.0. The fourth-order valence-corrected chi connectivity index (χ4v) is 1.74. The third kappa shape index (κ3) is 2.25. The van der Waals surface area contributed by atoms with Gasteiger partial charge in [-0.2, -0.15) is 4.98 Å². The van der Waals surface area contributed by atoms with Crippen molar-refractivity contribution in [2.45, 2.75) is 19.8 Å². The van der Waals surface area contributed by atoms with Crippen molar-refractivity contribution in [3.8, 4) is 11.4 Å². The van der Waals surface area contributed by atoms with E-state index in [0.717, 1.165) is 24.1 Å². The third-order valence-corrected chi connectivity index (χ3v) is 2.86. The number of aromatic nitrogens is 2. The average Bonchev–Trinajstić information content (AvgIpc) is 3.12. The lowest BCUT2D eigenvalue weighted by Crippen LogP contribution is -2.13. The minimum Gasteiger partial charge on any atom is -0.339 e. The highest BCUT2D eigenvalue weighted by molar-refractivity contribution is 5.94. The molecular weight excluding hydrogens is 230 g/mol. The summed E-state index contributed by atoms with van der Waals surface area (Å²) in [5, 5.41) is 6.75. The predicted octanol–water partition coefficient (Wildman–Crippen LogP) is 2.39. The Labute approximate surface area is 104 Å². The van der Waals surface area contributed by atoms with Crippen LogP contribution in [0.25, 0.3) is 11.4 Å². The van der Waals surface area contributed by atoms with E-state index >= 15 is 0 Å². The maximum atomic E-state index is 11.7. The second-order valence-electron chi connectivity index (χ2n) is 4.48. The van der Waals surface area contributed by atoms with E-state index < -0.39 is 0 Å². The molecule has 0 spiro atoms. The van der Waals surface area contributed by atoms with Gasteiger partial charge in [-0.25, -0.2) is 0 Å². The van der Waals surface area contributed by atoms with Crippen molar-refractivity contribution in [2.24, 2.45) is 5.92 Å². The largest absolute Gasteiger partial charge is 0.339 e. The summed E-state index contributed by atoms with van der Waals surface area (Å²) >= 11 is 0. The quantitative estimate of drug-likeness (QED) is 0.898. The second kappa shape index (κ2) is 4.25. The summed E-state index contributed by atoms with van der Waals surface area (Å²) in [4.78, 5) is 15.8. The van der Waals surface area contributed by atoms with Gasteiger partial charge in [0.2, 0.25) is 17.6 Å². The molecule has 0 radical (unpaired) electrons. The summed E-state index contributed by atoms with van der Waals surface area (Å²) in [6.45, 7) is 1.75. The van der Waals surface area contributed by atoms with Crippen LogP contribution in [-0.2, 0) is 4.79 Å². The van der Waals surface area contributed by atoms with Crippen molar-refractivity contribution in [1.82, 2.24) is 10.1 Å². The van der Waals surface area contributed by atoms with Gasteiger partial charge in [-0.15, -0.1) is 0 Å². The van der Waals surface area contributed by atoms with Crippen molar-refractivity contribution >= 4 is 11.6 Å². The number of aryl methyl sites for hydroxylation is 1. The zero-order valence-electron chi connectivity index (χ0n) is 10.0. The molecule has 18 heavy (non-hydrogen) atoms. The van der Waals surface area contributed by atoms with E-state index in [1.807, 2.05) is 24.3 Å². The molecule has 92 valence electrons. The van der Waals surface area contributed by atoms with Crippen LogP contribution >= 0.6 is 0 Å². The van der Waals surface area contributed by atoms with Gasteiger partial charge in [0.25, 0.3) is 0 Å². The van der Waals surface area contributed by atoms with Gasteiger partial charge in [0.1, 0.15) is 0 Å². The van der Waals surface area contributed by atoms with Gasteiger partial charge < -0.3 is 9.84 Å². The summed E-state index contributed by atoms with van der Waals surface area (Å²) in [7, 11) is 0. The first-order chi connectivity index (χ1) is 8.72. The van der Waals surface area contributed by atoms with Crippen LogP contribution in [0.3, 0.4) is 0 Å². The summed E-state index contributed by atoms with van der Waals surface area (Å²) in [5.41, 5.74) is 1.60. The predicted molar refractivity (Wildman–Crippen MR) is 65.8 cm³/mol. The van der Waals surface area contributed by atoms with E-state index in [2.05, 4.69) is 15.5 Å². The molecule has 0 aliphatic heterocycles. The minimum absolute atomic E-state index is 0.0939. The van der Waals surface area contributed by atoms with Crippen molar-refractivity contribution in [1.29, 1.82) is 0 Å². The van der Waals surface area contributed by atoms with Gasteiger partial charge >= 0.3 is 0 Å². The Hall–Kier alpha value is -2.17. The fraction of sp³-hybridized carbons (Fsp3) is 0.308. The van der Waals surface area contributed by atoms with Crippen molar-refractivity contribution < 1.29 is 9.32 Å². The highest BCUT2D eigenvalue weighted by Gasteiger charge is 2.29. The molecule has 1 heterocycles. The number of nitrogens with one attached hydrogen (secondary N) is 1. The van der Waals surface area contributed by atoms with Gasteiger partial charge in [-0.05, 0) is 25.0 Å². The zero-order valence-corrected chi connectivity index (χ0v) is 10.0. The fourth-order valence-electron chi connectivity index (χ4n) is 1.74. The Morgan fingerprint density at radius 3 is 2.94 bits per heavy atom. The molecule has 3 rings (SSSR count). The monoisotopic (exact) mass is 243 g/mol. The normalized spacial score (nSPS) is 14.5. The van der Waals surface area contributed by atoms with E-state index in [4.69, 9.17) is 4.52 Å². The van der Waals surface area contributed by atoms with E-state index in [-0.39, 0.29) is 11.8 Å². The van der Waals surface area contributed by atoms with Crippen LogP contribution in [0.4, 0.5) is 5.69 Å². The second-order valence-corrected chi connectivity index (χ2v) is 4.48. The zero-order chi connectivity index (χ0) is 12.5. The van der Waals surface area contributed by atoms with Crippen LogP contribution in [0.15, 0.2) is 28.8 Å². The number of carbonyl (C=O) groups is 1. The van der Waals surface area contributed by atoms with Gasteiger partial charge in [-0.3, -0.25) is 4.79 Å². The maximum absolute atomic E-state index is 11.7. The number of hydrogen-bond acceptors (Lipinski definition) is 4. The number of anilines is 1. The Balaban J connectivity index is 1.82. The van der Waals surface area contributed by atoms with Gasteiger partial charge in [-0.1, -0.05) is 17.3 Å². The van der Waals surface area contributed by atoms with Crippen LogP contribution in [0.5, 0.6) is 0 Å². The van der Waals surface area contributed by atoms with Crippen LogP contribution in [0.1, 0.15) is 18.7 Å². The Morgan fingerprint density at radius 2 is 2.28 bits per heavy atom. The molecule has 1 fully saturated rings. The van der Waals surface area contributed by atoms with Gasteiger partial charge in [0.05, 0.1) is 0 Å². The van der Waals surface area contributed by atoms with Crippen LogP contribution in [0, 0.1) is 12.8 Å². The van der Waals surface area contributed by atoms with E-state index in [1.54, 1.807) is 6.92 Å². The molecule has 1 aromatic heterocycles. The molecular formula is C13H13N3O2. The Bertz CT molecular complexity index is 587. The highest BCUT2D eigenvalue weighted by atomic mass is 16.5. The molecule has 0 saturated heterocycles. The lowest BCUT2D eigenvalue weighted by molar-refractivity contribution is -0.117. The van der Waals surface area contributed by atoms with E-state index in [1.165, 1.54) is 0 Å². The number of benzene rings is 1. The summed E-state index contributed by atoms with van der Waals surface area (Å²) in [6.07, 6.45) is 1.99. The lowest BCUT2D eigenvalue weighted by atomic mass is 10.2. The Kier molecular flexibility index (Phi) is 2.59. The smallest absolute Gasteiger partial charge is 0.227 e. The highest BCUT2D eigenvalue weighted by Crippen LogP contribution is 2.30. The molecule has 0 bridgehead atoms. The number of amides is 1.